The monoisotopic (exact) mass is 595 g/mol. The third-order valence-corrected chi connectivity index (χ3v) is 9.11. The van der Waals surface area contributed by atoms with Gasteiger partial charge in [-0.15, -0.1) is 11.3 Å². The zero-order valence-electron chi connectivity index (χ0n) is 24.5. The van der Waals surface area contributed by atoms with Gasteiger partial charge in [-0.2, -0.15) is 0 Å². The van der Waals surface area contributed by atoms with Crippen LogP contribution in [0.3, 0.4) is 0 Å². The first-order valence-corrected chi connectivity index (χ1v) is 15.7. The summed E-state index contributed by atoms with van der Waals surface area (Å²) in [4.78, 5) is 19.5. The summed E-state index contributed by atoms with van der Waals surface area (Å²) in [6.07, 6.45) is 7.20. The molecule has 1 aliphatic heterocycles. The van der Waals surface area contributed by atoms with E-state index >= 15 is 0 Å². The highest BCUT2D eigenvalue weighted by Gasteiger charge is 2.15. The summed E-state index contributed by atoms with van der Waals surface area (Å²) < 4.78 is 20.0. The van der Waals surface area contributed by atoms with Crippen LogP contribution < -0.4 is 9.47 Å². The molecule has 3 heterocycles. The van der Waals surface area contributed by atoms with E-state index in [0.717, 1.165) is 31.1 Å². The van der Waals surface area contributed by atoms with E-state index in [-0.39, 0.29) is 12.4 Å². The normalized spacial score (nSPS) is 13.4. The van der Waals surface area contributed by atoms with E-state index in [1.165, 1.54) is 64.7 Å². The summed E-state index contributed by atoms with van der Waals surface area (Å²) in [5.74, 6) is 1.46. The molecule has 1 aliphatic rings. The van der Waals surface area contributed by atoms with Crippen LogP contribution in [0.2, 0.25) is 0 Å². The number of hydrogen-bond donors (Lipinski definition) is 0. The number of likely N-dealkylation sites (tertiary alicyclic amines) is 1. The number of methoxy groups -OCH3 is 1. The second-order valence-electron chi connectivity index (χ2n) is 10.9. The number of aromatic nitrogens is 2. The third kappa shape index (κ3) is 7.45. The lowest BCUT2D eigenvalue weighted by atomic mass is 9.99. The number of hydrogen-bond acceptors (Lipinski definition) is 7. The minimum atomic E-state index is -0.297. The van der Waals surface area contributed by atoms with E-state index in [2.05, 4.69) is 70.5 Å². The van der Waals surface area contributed by atoms with Gasteiger partial charge < -0.3 is 18.8 Å². The molecule has 1 fully saturated rings. The van der Waals surface area contributed by atoms with E-state index in [0.29, 0.717) is 18.8 Å². The molecule has 222 valence electrons. The van der Waals surface area contributed by atoms with Crippen molar-refractivity contribution in [2.24, 2.45) is 0 Å². The van der Waals surface area contributed by atoms with Gasteiger partial charge >= 0.3 is 5.97 Å². The maximum atomic E-state index is 11.5. The van der Waals surface area contributed by atoms with E-state index in [1.54, 1.807) is 6.33 Å². The number of nitrogens with zero attached hydrogens (tertiary/aromatic N) is 3. The highest BCUT2D eigenvalue weighted by atomic mass is 32.1. The Balaban J connectivity index is 1.09. The van der Waals surface area contributed by atoms with E-state index in [4.69, 9.17) is 14.2 Å². The van der Waals surface area contributed by atoms with Crippen LogP contribution in [0.4, 0.5) is 0 Å². The maximum absolute atomic E-state index is 11.5. The number of carbonyl (C=O) groups excluding carboxylic acids is 1. The second kappa shape index (κ2) is 13.9. The first-order valence-electron chi connectivity index (χ1n) is 14.9. The lowest BCUT2D eigenvalue weighted by Gasteiger charge is -2.15. The summed E-state index contributed by atoms with van der Waals surface area (Å²) in [6.45, 7) is 5.27. The van der Waals surface area contributed by atoms with Gasteiger partial charge in [-0.25, -0.2) is 4.98 Å². The predicted molar refractivity (Wildman–Crippen MR) is 171 cm³/mol. The smallest absolute Gasteiger partial charge is 0.311 e. The molecule has 1 saturated heterocycles. The van der Waals surface area contributed by atoms with Gasteiger partial charge in [0.15, 0.2) is 0 Å². The highest BCUT2D eigenvalue weighted by molar-refractivity contribution is 7.22. The van der Waals surface area contributed by atoms with E-state index in [9.17, 15) is 4.79 Å². The average molecular weight is 596 g/mol. The molecule has 0 atom stereocenters. The lowest BCUT2D eigenvalue weighted by Crippen LogP contribution is -2.25. The largest absolute Gasteiger partial charge is 0.492 e. The van der Waals surface area contributed by atoms with E-state index in [1.807, 2.05) is 34.2 Å². The van der Waals surface area contributed by atoms with Gasteiger partial charge in [0, 0.05) is 22.3 Å². The summed E-state index contributed by atoms with van der Waals surface area (Å²) in [7, 11) is 1.38. The van der Waals surface area contributed by atoms with E-state index < -0.39 is 0 Å². The zero-order valence-corrected chi connectivity index (χ0v) is 25.4. The highest BCUT2D eigenvalue weighted by Crippen LogP contribution is 2.40. The molecule has 43 heavy (non-hydrogen) atoms. The minimum Gasteiger partial charge on any atom is -0.492 e. The Morgan fingerprint density at radius 1 is 0.884 bits per heavy atom. The Labute approximate surface area is 256 Å². The van der Waals surface area contributed by atoms with Crippen molar-refractivity contribution in [1.82, 2.24) is 14.5 Å². The molecule has 0 amide bonds. The van der Waals surface area contributed by atoms with Crippen molar-refractivity contribution in [2.45, 2.75) is 32.2 Å². The Kier molecular flexibility index (Phi) is 9.35. The van der Waals surface area contributed by atoms with Gasteiger partial charge in [0.25, 0.3) is 0 Å². The fourth-order valence-corrected chi connectivity index (χ4v) is 6.75. The number of benzene rings is 3. The Bertz CT molecular complexity index is 1640. The van der Waals surface area contributed by atoms with Crippen LogP contribution in [0, 0.1) is 0 Å². The van der Waals surface area contributed by atoms with Gasteiger partial charge in [-0.05, 0) is 96.9 Å². The van der Waals surface area contributed by atoms with Crippen molar-refractivity contribution in [3.05, 3.63) is 102 Å². The summed E-state index contributed by atoms with van der Waals surface area (Å²) in [6, 6.07) is 25.6. The van der Waals surface area contributed by atoms with Crippen molar-refractivity contribution in [3.8, 4) is 21.9 Å². The van der Waals surface area contributed by atoms with Crippen LogP contribution in [0.15, 0.2) is 85.3 Å². The second-order valence-corrected chi connectivity index (χ2v) is 11.9. The fraction of sp³-hybridized carbons (Fsp3) is 0.314. The van der Waals surface area contributed by atoms with Gasteiger partial charge in [0.05, 0.1) is 32.1 Å². The molecule has 7 nitrogen and oxygen atoms in total. The molecule has 8 heteroatoms. The molecule has 6 rings (SSSR count). The first kappa shape index (κ1) is 29.0. The fourth-order valence-electron chi connectivity index (χ4n) is 5.53. The van der Waals surface area contributed by atoms with Crippen LogP contribution >= 0.6 is 11.3 Å². The topological polar surface area (TPSA) is 65.8 Å². The third-order valence-electron chi connectivity index (χ3n) is 7.85. The number of ether oxygens (including phenoxy) is 3. The van der Waals surface area contributed by atoms with Crippen molar-refractivity contribution in [1.29, 1.82) is 0 Å². The van der Waals surface area contributed by atoms with Crippen LogP contribution in [0.5, 0.6) is 11.5 Å². The molecule has 5 aromatic rings. The average Bonchev–Trinajstić information content (AvgIpc) is 3.80. The minimum absolute atomic E-state index is 0.171. The number of rotatable bonds is 13. The van der Waals surface area contributed by atoms with Gasteiger partial charge in [-0.1, -0.05) is 30.3 Å². The Hall–Kier alpha value is -4.14. The number of carbonyl (C=O) groups is 1. The molecule has 0 spiro atoms. The Morgan fingerprint density at radius 3 is 2.33 bits per heavy atom. The predicted octanol–water partition coefficient (Wildman–Crippen LogP) is 6.62. The number of esters is 1. The summed E-state index contributed by atoms with van der Waals surface area (Å²) in [5, 5.41) is 1.31. The van der Waals surface area contributed by atoms with Gasteiger partial charge in [0.2, 0.25) is 0 Å². The molecular weight excluding hydrogens is 558 g/mol. The molecule has 0 unspecified atom stereocenters. The van der Waals surface area contributed by atoms with Crippen LogP contribution in [-0.2, 0) is 28.9 Å². The quantitative estimate of drug-likeness (QED) is 0.143. The SMILES string of the molecule is COC(=O)Cc1cn(CCOc2ccc(-c3sc4ccccc4c3Cc3ccc(OCCN4CCCC4)cc3)cc2)cn1. The van der Waals surface area contributed by atoms with Crippen molar-refractivity contribution in [3.63, 3.8) is 0 Å². The van der Waals surface area contributed by atoms with Crippen LogP contribution in [0.1, 0.15) is 29.7 Å². The zero-order chi connectivity index (χ0) is 29.4. The Morgan fingerprint density at radius 2 is 1.58 bits per heavy atom. The first-order chi connectivity index (χ1) is 21.1. The molecule has 0 saturated carbocycles. The molecular formula is C35H37N3O4S. The molecule has 0 aliphatic carbocycles. The molecule has 0 bridgehead atoms. The van der Waals surface area contributed by atoms with Gasteiger partial charge in [-0.3, -0.25) is 9.69 Å². The number of fused-ring (bicyclic) bond motifs is 1. The molecule has 0 radical (unpaired) electrons. The number of imidazole rings is 1. The van der Waals surface area contributed by atoms with Crippen LogP contribution in [0.25, 0.3) is 20.5 Å². The van der Waals surface area contributed by atoms with Gasteiger partial charge in [0.1, 0.15) is 24.7 Å². The number of thiophene rings is 1. The van der Waals surface area contributed by atoms with Crippen molar-refractivity contribution >= 4 is 27.4 Å². The lowest BCUT2D eigenvalue weighted by molar-refractivity contribution is -0.139. The maximum Gasteiger partial charge on any atom is 0.311 e. The standard InChI is InChI=1S/C35H37N3O4S/c1-40-34(39)23-28-24-38(25-36-28)19-21-42-30-14-10-27(11-15-30)35-32(31-6-2-3-7-33(31)43-35)22-26-8-12-29(13-9-26)41-20-18-37-16-4-5-17-37/h2-3,6-15,24-25H,4-5,16-23H2,1H3. The van der Waals surface area contributed by atoms with Crippen LogP contribution in [-0.4, -0.2) is 60.4 Å². The molecule has 0 N–H and O–H groups in total. The summed E-state index contributed by atoms with van der Waals surface area (Å²) in [5.41, 5.74) is 4.49. The summed E-state index contributed by atoms with van der Waals surface area (Å²) >= 11 is 1.84. The molecule has 3 aromatic carbocycles. The van der Waals surface area contributed by atoms with Crippen molar-refractivity contribution in [2.75, 3.05) is 40.0 Å². The van der Waals surface area contributed by atoms with Crippen molar-refractivity contribution < 1.29 is 19.0 Å². The molecule has 2 aromatic heterocycles.